The summed E-state index contributed by atoms with van der Waals surface area (Å²) in [5.74, 6) is -0.249. The lowest BCUT2D eigenvalue weighted by atomic mass is 10.3. The van der Waals surface area contributed by atoms with Crippen LogP contribution in [0.2, 0.25) is 0 Å². The van der Waals surface area contributed by atoms with Crippen LogP contribution in [0, 0.1) is 0 Å². The third kappa shape index (κ3) is 4.38. The molecule has 8 heteroatoms. The zero-order valence-electron chi connectivity index (χ0n) is 8.43. The van der Waals surface area contributed by atoms with E-state index >= 15 is 0 Å². The first-order valence-electron chi connectivity index (χ1n) is 4.43. The molecule has 1 rings (SSSR count). The van der Waals surface area contributed by atoms with Crippen molar-refractivity contribution in [3.8, 4) is 0 Å². The SMILES string of the molecule is O=C(Nc1ccc(S(=O)(=O)O)cc1)C(Br)CBr. The number of carbonyl (C=O) groups excluding carboxylic acids is 1. The van der Waals surface area contributed by atoms with Crippen LogP contribution in [0.3, 0.4) is 0 Å². The number of halogens is 2. The van der Waals surface area contributed by atoms with Crippen molar-refractivity contribution in [2.45, 2.75) is 9.72 Å². The van der Waals surface area contributed by atoms with Crippen LogP contribution < -0.4 is 5.32 Å². The Hall–Kier alpha value is -0.440. The molecule has 1 aromatic rings. The Bertz CT molecular complexity index is 500. The number of anilines is 1. The van der Waals surface area contributed by atoms with Crippen LogP contribution in [0.15, 0.2) is 29.2 Å². The molecule has 5 nitrogen and oxygen atoms in total. The van der Waals surface area contributed by atoms with Gasteiger partial charge in [0.15, 0.2) is 0 Å². The van der Waals surface area contributed by atoms with Gasteiger partial charge in [0.25, 0.3) is 10.1 Å². The first kappa shape index (κ1) is 14.6. The summed E-state index contributed by atoms with van der Waals surface area (Å²) >= 11 is 6.30. The van der Waals surface area contributed by atoms with Gasteiger partial charge in [-0.05, 0) is 24.3 Å². The molecule has 0 aliphatic rings. The molecular formula is C9H9Br2NO4S. The Labute approximate surface area is 116 Å². The molecule has 0 heterocycles. The third-order valence-corrected chi connectivity index (χ3v) is 4.96. The summed E-state index contributed by atoms with van der Waals surface area (Å²) in [6.07, 6.45) is 0. The van der Waals surface area contributed by atoms with Crippen LogP contribution in [0.4, 0.5) is 5.69 Å². The lowest BCUT2D eigenvalue weighted by Gasteiger charge is -2.08. The normalized spacial score (nSPS) is 13.1. The Kier molecular flexibility index (Phi) is 5.11. The summed E-state index contributed by atoms with van der Waals surface area (Å²) in [6.45, 7) is 0. The minimum atomic E-state index is -4.20. The van der Waals surface area contributed by atoms with Crippen molar-refractivity contribution >= 4 is 53.6 Å². The highest BCUT2D eigenvalue weighted by atomic mass is 79.9. The Morgan fingerprint density at radius 2 is 1.88 bits per heavy atom. The fourth-order valence-electron chi connectivity index (χ4n) is 1.00. The smallest absolute Gasteiger partial charge is 0.294 e. The van der Waals surface area contributed by atoms with Gasteiger partial charge in [-0.3, -0.25) is 9.35 Å². The largest absolute Gasteiger partial charge is 0.325 e. The van der Waals surface area contributed by atoms with E-state index in [0.717, 1.165) is 0 Å². The van der Waals surface area contributed by atoms with E-state index in [0.29, 0.717) is 11.0 Å². The molecule has 0 spiro atoms. The Morgan fingerprint density at radius 1 is 1.35 bits per heavy atom. The summed E-state index contributed by atoms with van der Waals surface area (Å²) in [5.41, 5.74) is 0.452. The number of nitrogens with one attached hydrogen (secondary N) is 1. The van der Waals surface area contributed by atoms with Gasteiger partial charge in [-0.15, -0.1) is 0 Å². The van der Waals surface area contributed by atoms with E-state index in [9.17, 15) is 13.2 Å². The Balaban J connectivity index is 2.79. The highest BCUT2D eigenvalue weighted by molar-refractivity contribution is 9.12. The molecule has 0 aromatic heterocycles. The van der Waals surface area contributed by atoms with Crippen molar-refractivity contribution in [3.05, 3.63) is 24.3 Å². The second kappa shape index (κ2) is 5.94. The average Bonchev–Trinajstić information content (AvgIpc) is 2.27. The van der Waals surface area contributed by atoms with E-state index in [1.165, 1.54) is 24.3 Å². The third-order valence-electron chi connectivity index (χ3n) is 1.84. The average molecular weight is 387 g/mol. The van der Waals surface area contributed by atoms with E-state index in [2.05, 4.69) is 37.2 Å². The molecule has 0 aliphatic carbocycles. The molecule has 0 saturated heterocycles. The van der Waals surface area contributed by atoms with Crippen molar-refractivity contribution in [2.75, 3.05) is 10.6 Å². The zero-order chi connectivity index (χ0) is 13.1. The van der Waals surface area contributed by atoms with Crippen LogP contribution >= 0.6 is 31.9 Å². The molecule has 0 fully saturated rings. The maximum absolute atomic E-state index is 11.5. The number of rotatable bonds is 4. The molecule has 17 heavy (non-hydrogen) atoms. The number of alkyl halides is 2. The predicted molar refractivity (Wildman–Crippen MR) is 71.4 cm³/mol. The molecular weight excluding hydrogens is 378 g/mol. The van der Waals surface area contributed by atoms with E-state index in [1.54, 1.807) is 0 Å². The topological polar surface area (TPSA) is 83.5 Å². The molecule has 1 amide bonds. The zero-order valence-corrected chi connectivity index (χ0v) is 12.4. The molecule has 0 bridgehead atoms. The van der Waals surface area contributed by atoms with Crippen molar-refractivity contribution in [2.24, 2.45) is 0 Å². The van der Waals surface area contributed by atoms with Gasteiger partial charge in [-0.25, -0.2) is 0 Å². The highest BCUT2D eigenvalue weighted by Crippen LogP contribution is 2.15. The number of hydrogen-bond donors (Lipinski definition) is 2. The van der Waals surface area contributed by atoms with Gasteiger partial charge in [-0.2, -0.15) is 8.42 Å². The second-order valence-electron chi connectivity index (χ2n) is 3.11. The van der Waals surface area contributed by atoms with Crippen molar-refractivity contribution in [1.82, 2.24) is 0 Å². The van der Waals surface area contributed by atoms with E-state index in [4.69, 9.17) is 4.55 Å². The standard InChI is InChI=1S/C9H9Br2NO4S/c10-5-8(11)9(13)12-6-1-3-7(4-2-6)17(14,15)16/h1-4,8H,5H2,(H,12,13)(H,14,15,16). The molecule has 0 saturated carbocycles. The lowest BCUT2D eigenvalue weighted by Crippen LogP contribution is -2.23. The first-order valence-corrected chi connectivity index (χ1v) is 7.91. The monoisotopic (exact) mass is 385 g/mol. The van der Waals surface area contributed by atoms with Crippen LogP contribution in [-0.4, -0.2) is 29.0 Å². The van der Waals surface area contributed by atoms with Crippen molar-refractivity contribution in [1.29, 1.82) is 0 Å². The van der Waals surface area contributed by atoms with E-state index in [-0.39, 0.29) is 15.6 Å². The van der Waals surface area contributed by atoms with Gasteiger partial charge in [0.1, 0.15) is 4.83 Å². The molecule has 2 N–H and O–H groups in total. The quantitative estimate of drug-likeness (QED) is 0.612. The number of hydrogen-bond acceptors (Lipinski definition) is 3. The second-order valence-corrected chi connectivity index (χ2v) is 6.28. The maximum atomic E-state index is 11.5. The lowest BCUT2D eigenvalue weighted by molar-refractivity contribution is -0.115. The van der Waals surface area contributed by atoms with E-state index < -0.39 is 10.1 Å². The number of benzene rings is 1. The first-order chi connectivity index (χ1) is 7.84. The minimum Gasteiger partial charge on any atom is -0.325 e. The van der Waals surface area contributed by atoms with Gasteiger partial charge in [0.05, 0.1) is 4.90 Å². The van der Waals surface area contributed by atoms with Gasteiger partial charge in [-0.1, -0.05) is 31.9 Å². The summed E-state index contributed by atoms with van der Waals surface area (Å²) in [6, 6.07) is 5.22. The van der Waals surface area contributed by atoms with Gasteiger partial charge in [0, 0.05) is 11.0 Å². The molecule has 1 atom stereocenters. The summed E-state index contributed by atoms with van der Waals surface area (Å²) in [5, 5.41) is 3.04. The van der Waals surface area contributed by atoms with Crippen LogP contribution in [0.5, 0.6) is 0 Å². The van der Waals surface area contributed by atoms with Gasteiger partial charge >= 0.3 is 0 Å². The summed E-state index contributed by atoms with van der Waals surface area (Å²) in [7, 11) is -4.20. The van der Waals surface area contributed by atoms with Gasteiger partial charge < -0.3 is 5.32 Å². The van der Waals surface area contributed by atoms with Gasteiger partial charge in [0.2, 0.25) is 5.91 Å². The molecule has 1 unspecified atom stereocenters. The Morgan fingerprint density at radius 3 is 2.29 bits per heavy atom. The summed E-state index contributed by atoms with van der Waals surface area (Å²) < 4.78 is 30.3. The molecule has 0 radical (unpaired) electrons. The van der Waals surface area contributed by atoms with Crippen LogP contribution in [-0.2, 0) is 14.9 Å². The van der Waals surface area contributed by atoms with E-state index in [1.807, 2.05) is 0 Å². The maximum Gasteiger partial charge on any atom is 0.294 e. The van der Waals surface area contributed by atoms with Crippen LogP contribution in [0.25, 0.3) is 0 Å². The number of amides is 1. The van der Waals surface area contributed by atoms with Crippen molar-refractivity contribution in [3.63, 3.8) is 0 Å². The predicted octanol–water partition coefficient (Wildman–Crippen LogP) is 2.03. The highest BCUT2D eigenvalue weighted by Gasteiger charge is 2.14. The molecule has 94 valence electrons. The number of carbonyl (C=O) groups is 1. The van der Waals surface area contributed by atoms with Crippen molar-refractivity contribution < 1.29 is 17.8 Å². The van der Waals surface area contributed by atoms with Crippen LogP contribution in [0.1, 0.15) is 0 Å². The summed E-state index contributed by atoms with van der Waals surface area (Å²) in [4.78, 5) is 10.9. The molecule has 1 aromatic carbocycles. The molecule has 0 aliphatic heterocycles. The fourth-order valence-corrected chi connectivity index (χ4v) is 1.89. The fraction of sp³-hybridized carbons (Fsp3) is 0.222. The minimum absolute atomic E-state index is 0.216.